The van der Waals surface area contributed by atoms with Gasteiger partial charge in [-0.25, -0.2) is 4.39 Å². The predicted octanol–water partition coefficient (Wildman–Crippen LogP) is 3.76. The van der Waals surface area contributed by atoms with E-state index < -0.39 is 0 Å². The Bertz CT molecular complexity index is 611. The molecule has 4 nitrogen and oxygen atoms in total. The van der Waals surface area contributed by atoms with E-state index in [1.807, 2.05) is 4.90 Å². The lowest BCUT2D eigenvalue weighted by molar-refractivity contribution is -0.134. The normalized spacial score (nSPS) is 21.4. The number of hydrogen-bond acceptors (Lipinski definition) is 2. The minimum absolute atomic E-state index is 0.185. The molecule has 1 saturated carbocycles. The van der Waals surface area contributed by atoms with E-state index in [0.29, 0.717) is 30.4 Å². The Labute approximate surface area is 155 Å². The van der Waals surface area contributed by atoms with E-state index >= 15 is 0 Å². The van der Waals surface area contributed by atoms with Crippen LogP contribution in [-0.2, 0) is 4.79 Å². The molecule has 1 aliphatic heterocycles. The smallest absolute Gasteiger partial charge is 0.251 e. The molecule has 3 rings (SSSR count). The fourth-order valence-corrected chi connectivity index (χ4v) is 4.17. The molecule has 0 bridgehead atoms. The van der Waals surface area contributed by atoms with Gasteiger partial charge in [-0.15, -0.1) is 0 Å². The van der Waals surface area contributed by atoms with Gasteiger partial charge in [0.25, 0.3) is 5.91 Å². The lowest BCUT2D eigenvalue weighted by Crippen LogP contribution is -2.44. The molecule has 2 amide bonds. The molecule has 26 heavy (non-hydrogen) atoms. The molecular formula is C21H29FN2O2. The molecule has 1 unspecified atom stereocenters. The van der Waals surface area contributed by atoms with Gasteiger partial charge in [0.05, 0.1) is 0 Å². The predicted molar refractivity (Wildman–Crippen MR) is 99.2 cm³/mol. The summed E-state index contributed by atoms with van der Waals surface area (Å²) in [6.07, 6.45) is 8.92. The second-order valence-corrected chi connectivity index (χ2v) is 7.77. The molecule has 0 spiro atoms. The van der Waals surface area contributed by atoms with E-state index in [1.54, 1.807) is 0 Å². The molecule has 2 fully saturated rings. The molecule has 1 saturated heterocycles. The summed E-state index contributed by atoms with van der Waals surface area (Å²) in [5, 5.41) is 2.93. The molecular weight excluding hydrogens is 331 g/mol. The average Bonchev–Trinajstić information content (AvgIpc) is 2.67. The van der Waals surface area contributed by atoms with Crippen molar-refractivity contribution in [1.82, 2.24) is 10.2 Å². The molecule has 1 aromatic rings. The maximum Gasteiger partial charge on any atom is 0.251 e. The third-order valence-corrected chi connectivity index (χ3v) is 5.72. The zero-order valence-corrected chi connectivity index (χ0v) is 15.4. The number of carbonyl (C=O) groups is 2. The molecule has 1 atom stereocenters. The Morgan fingerprint density at radius 3 is 2.42 bits per heavy atom. The number of likely N-dealkylation sites (tertiary alicyclic amines) is 1. The van der Waals surface area contributed by atoms with Gasteiger partial charge in [0.15, 0.2) is 0 Å². The second kappa shape index (κ2) is 9.15. The third kappa shape index (κ3) is 5.29. The molecule has 0 radical (unpaired) electrons. The highest BCUT2D eigenvalue weighted by Gasteiger charge is 2.26. The SMILES string of the molecule is O=C(NCC1CCCN(C(=O)CC2CCCCC2)C1)c1ccc(F)cc1. The van der Waals surface area contributed by atoms with Gasteiger partial charge in [0, 0.05) is 31.6 Å². The Morgan fingerprint density at radius 1 is 1.00 bits per heavy atom. The highest BCUT2D eigenvalue weighted by molar-refractivity contribution is 5.94. The van der Waals surface area contributed by atoms with Gasteiger partial charge in [-0.05, 0) is 61.8 Å². The van der Waals surface area contributed by atoms with Gasteiger partial charge in [-0.1, -0.05) is 19.3 Å². The fraction of sp³-hybridized carbons (Fsp3) is 0.619. The first-order valence-corrected chi connectivity index (χ1v) is 9.93. The minimum atomic E-state index is -0.346. The van der Waals surface area contributed by atoms with E-state index in [1.165, 1.54) is 56.4 Å². The van der Waals surface area contributed by atoms with Crippen LogP contribution in [0.3, 0.4) is 0 Å². The van der Waals surface area contributed by atoms with Gasteiger partial charge in [-0.2, -0.15) is 0 Å². The Hall–Kier alpha value is -1.91. The van der Waals surface area contributed by atoms with Gasteiger partial charge in [-0.3, -0.25) is 9.59 Å². The summed E-state index contributed by atoms with van der Waals surface area (Å²) in [7, 11) is 0. The zero-order chi connectivity index (χ0) is 18.4. The first kappa shape index (κ1) is 18.9. The maximum absolute atomic E-state index is 12.9. The van der Waals surface area contributed by atoms with Crippen LogP contribution in [0.1, 0.15) is 61.7 Å². The van der Waals surface area contributed by atoms with Gasteiger partial charge >= 0.3 is 0 Å². The molecule has 5 heteroatoms. The molecule has 0 aromatic heterocycles. The molecule has 1 N–H and O–H groups in total. The number of halogens is 1. The number of rotatable bonds is 5. The first-order chi connectivity index (χ1) is 12.6. The van der Waals surface area contributed by atoms with Crippen LogP contribution >= 0.6 is 0 Å². The topological polar surface area (TPSA) is 49.4 Å². The van der Waals surface area contributed by atoms with Crippen molar-refractivity contribution in [1.29, 1.82) is 0 Å². The fourth-order valence-electron chi connectivity index (χ4n) is 4.17. The van der Waals surface area contributed by atoms with Crippen molar-refractivity contribution in [2.75, 3.05) is 19.6 Å². The van der Waals surface area contributed by atoms with Gasteiger partial charge in [0.2, 0.25) is 5.91 Å². The average molecular weight is 360 g/mol. The first-order valence-electron chi connectivity index (χ1n) is 9.93. The second-order valence-electron chi connectivity index (χ2n) is 7.77. The van der Waals surface area contributed by atoms with Crippen molar-refractivity contribution in [3.8, 4) is 0 Å². The monoisotopic (exact) mass is 360 g/mol. The van der Waals surface area contributed by atoms with Crippen LogP contribution in [0, 0.1) is 17.7 Å². The van der Waals surface area contributed by atoms with Gasteiger partial charge in [0.1, 0.15) is 5.82 Å². The quantitative estimate of drug-likeness (QED) is 0.869. The Kier molecular flexibility index (Phi) is 6.64. The van der Waals surface area contributed by atoms with E-state index in [-0.39, 0.29) is 17.6 Å². The number of hydrogen-bond donors (Lipinski definition) is 1. The maximum atomic E-state index is 12.9. The van der Waals surface area contributed by atoms with Crippen molar-refractivity contribution in [2.45, 2.75) is 51.4 Å². The van der Waals surface area contributed by atoms with E-state index in [4.69, 9.17) is 0 Å². The summed E-state index contributed by atoms with van der Waals surface area (Å²) in [6, 6.07) is 5.57. The third-order valence-electron chi connectivity index (χ3n) is 5.72. The number of amides is 2. The summed E-state index contributed by atoms with van der Waals surface area (Å²) >= 11 is 0. The lowest BCUT2D eigenvalue weighted by Gasteiger charge is -2.34. The van der Waals surface area contributed by atoms with Gasteiger partial charge < -0.3 is 10.2 Å². The summed E-state index contributed by atoms with van der Waals surface area (Å²) in [6.45, 7) is 2.13. The summed E-state index contributed by atoms with van der Waals surface area (Å²) in [4.78, 5) is 26.8. The highest BCUT2D eigenvalue weighted by atomic mass is 19.1. The lowest BCUT2D eigenvalue weighted by atomic mass is 9.86. The Morgan fingerprint density at radius 2 is 1.69 bits per heavy atom. The van der Waals surface area contributed by atoms with Crippen molar-refractivity contribution in [2.24, 2.45) is 11.8 Å². The van der Waals surface area contributed by atoms with E-state index in [0.717, 1.165) is 25.9 Å². The standard InChI is InChI=1S/C21H29FN2O2/c22-19-10-8-18(9-11-19)21(26)23-14-17-7-4-12-24(15-17)20(25)13-16-5-2-1-3-6-16/h8-11,16-17H,1-7,12-15H2,(H,23,26). The van der Waals surface area contributed by atoms with Crippen LogP contribution in [0.15, 0.2) is 24.3 Å². The van der Waals surface area contributed by atoms with Crippen LogP contribution in [-0.4, -0.2) is 36.3 Å². The number of piperidine rings is 1. The minimum Gasteiger partial charge on any atom is -0.352 e. The zero-order valence-electron chi connectivity index (χ0n) is 15.4. The van der Waals surface area contributed by atoms with Crippen LogP contribution in [0.4, 0.5) is 4.39 Å². The molecule has 1 heterocycles. The molecule has 1 aromatic carbocycles. The molecule has 2 aliphatic rings. The van der Waals surface area contributed by atoms with Crippen molar-refractivity contribution < 1.29 is 14.0 Å². The number of nitrogens with one attached hydrogen (secondary N) is 1. The van der Waals surface area contributed by atoms with Crippen LogP contribution < -0.4 is 5.32 Å². The summed E-state index contributed by atoms with van der Waals surface area (Å²) in [5.41, 5.74) is 0.465. The molecule has 142 valence electrons. The van der Waals surface area contributed by atoms with E-state index in [2.05, 4.69) is 5.32 Å². The molecule has 1 aliphatic carbocycles. The van der Waals surface area contributed by atoms with Crippen molar-refractivity contribution in [3.05, 3.63) is 35.6 Å². The van der Waals surface area contributed by atoms with E-state index in [9.17, 15) is 14.0 Å². The van der Waals surface area contributed by atoms with Crippen LogP contribution in [0.25, 0.3) is 0 Å². The van der Waals surface area contributed by atoms with Crippen molar-refractivity contribution in [3.63, 3.8) is 0 Å². The summed E-state index contributed by atoms with van der Waals surface area (Å²) in [5.74, 6) is 0.612. The number of nitrogens with zero attached hydrogens (tertiary/aromatic N) is 1. The number of carbonyl (C=O) groups excluding carboxylic acids is 2. The largest absolute Gasteiger partial charge is 0.352 e. The Balaban J connectivity index is 1.44. The summed E-state index contributed by atoms with van der Waals surface area (Å²) < 4.78 is 12.9. The van der Waals surface area contributed by atoms with Crippen LogP contribution in [0.2, 0.25) is 0 Å². The number of benzene rings is 1. The van der Waals surface area contributed by atoms with Crippen molar-refractivity contribution >= 4 is 11.8 Å². The van der Waals surface area contributed by atoms with Crippen LogP contribution in [0.5, 0.6) is 0 Å². The highest BCUT2D eigenvalue weighted by Crippen LogP contribution is 2.27.